The van der Waals surface area contributed by atoms with E-state index in [1.165, 1.54) is 6.42 Å². The van der Waals surface area contributed by atoms with Crippen LogP contribution in [0, 0.1) is 13.8 Å². The van der Waals surface area contributed by atoms with Crippen molar-refractivity contribution in [2.24, 2.45) is 10.9 Å². The number of hydrogen-bond acceptors (Lipinski definition) is 5. The third-order valence-electron chi connectivity index (χ3n) is 4.14. The molecule has 0 spiro atoms. The van der Waals surface area contributed by atoms with Crippen molar-refractivity contribution >= 4 is 11.5 Å². The molecule has 3 N–H and O–H groups in total. The lowest BCUT2D eigenvalue weighted by Gasteiger charge is -2.38. The lowest BCUT2D eigenvalue weighted by atomic mass is 10.0. The summed E-state index contributed by atoms with van der Waals surface area (Å²) in [5.74, 6) is 0.127. The monoisotopic (exact) mass is 291 g/mol. The summed E-state index contributed by atoms with van der Waals surface area (Å²) in [5.41, 5.74) is 9.37. The average Bonchev–Trinajstić information content (AvgIpc) is 2.45. The zero-order chi connectivity index (χ0) is 15.6. The van der Waals surface area contributed by atoms with Gasteiger partial charge >= 0.3 is 0 Å². The largest absolute Gasteiger partial charge is 0.409 e. The van der Waals surface area contributed by atoms with E-state index in [1.807, 2.05) is 19.9 Å². The number of aryl methyl sites for hydroxylation is 2. The first-order valence-electron chi connectivity index (χ1n) is 7.31. The first kappa shape index (κ1) is 15.6. The van der Waals surface area contributed by atoms with Crippen molar-refractivity contribution in [1.29, 1.82) is 0 Å². The van der Waals surface area contributed by atoms with Crippen LogP contribution in [0.1, 0.15) is 29.8 Å². The minimum Gasteiger partial charge on any atom is -0.409 e. The maximum absolute atomic E-state index is 9.05. The first-order valence-corrected chi connectivity index (χ1v) is 7.31. The predicted octanol–water partition coefficient (Wildman–Crippen LogP) is 1.32. The highest BCUT2D eigenvalue weighted by Crippen LogP contribution is 2.27. The number of nitrogens with zero attached hydrogens (tertiary/aromatic N) is 4. The molecule has 1 aromatic rings. The summed E-state index contributed by atoms with van der Waals surface area (Å²) in [7, 11) is 4.23. The van der Waals surface area contributed by atoms with Gasteiger partial charge in [0.25, 0.3) is 0 Å². The van der Waals surface area contributed by atoms with Gasteiger partial charge in [-0.1, -0.05) is 5.16 Å². The number of rotatable bonds is 3. The minimum absolute atomic E-state index is 0.127. The van der Waals surface area contributed by atoms with Crippen molar-refractivity contribution in [3.05, 3.63) is 23.0 Å². The molecule has 6 nitrogen and oxygen atoms in total. The second-order valence-corrected chi connectivity index (χ2v) is 5.93. The quantitative estimate of drug-likeness (QED) is 0.380. The average molecular weight is 291 g/mol. The molecule has 0 saturated carbocycles. The van der Waals surface area contributed by atoms with E-state index in [4.69, 9.17) is 10.9 Å². The van der Waals surface area contributed by atoms with E-state index in [1.54, 1.807) is 0 Å². The van der Waals surface area contributed by atoms with Crippen LogP contribution in [0.15, 0.2) is 11.2 Å². The lowest BCUT2D eigenvalue weighted by Crippen LogP contribution is -2.45. The Balaban J connectivity index is 2.42. The van der Waals surface area contributed by atoms with Crippen LogP contribution in [0.3, 0.4) is 0 Å². The summed E-state index contributed by atoms with van der Waals surface area (Å²) < 4.78 is 0. The maximum Gasteiger partial charge on any atom is 0.174 e. The molecule has 1 atom stereocenters. The summed E-state index contributed by atoms with van der Waals surface area (Å²) in [5, 5.41) is 12.2. The fourth-order valence-electron chi connectivity index (χ4n) is 3.02. The van der Waals surface area contributed by atoms with Crippen LogP contribution in [0.5, 0.6) is 0 Å². The van der Waals surface area contributed by atoms with Crippen molar-refractivity contribution < 1.29 is 5.21 Å². The number of piperidine rings is 1. The Morgan fingerprint density at radius 3 is 2.81 bits per heavy atom. The van der Waals surface area contributed by atoms with E-state index in [0.717, 1.165) is 42.1 Å². The van der Waals surface area contributed by atoms with Crippen LogP contribution in [0.25, 0.3) is 0 Å². The first-order chi connectivity index (χ1) is 9.93. The standard InChI is InChI=1S/C15H25N5O/c1-10-8-13(14(11(2)17-10)15(16)18-21)20-7-5-6-12(9-20)19(3)4/h8,12,21H,5-7,9H2,1-4H3,(H2,16,18). The summed E-state index contributed by atoms with van der Waals surface area (Å²) in [4.78, 5) is 9.03. The van der Waals surface area contributed by atoms with E-state index in [-0.39, 0.29) is 5.84 Å². The van der Waals surface area contributed by atoms with E-state index in [9.17, 15) is 0 Å². The number of nitrogens with two attached hydrogens (primary N) is 1. The van der Waals surface area contributed by atoms with E-state index in [0.29, 0.717) is 6.04 Å². The summed E-state index contributed by atoms with van der Waals surface area (Å²) in [6.07, 6.45) is 2.34. The Kier molecular flexibility index (Phi) is 4.67. The topological polar surface area (TPSA) is 78.0 Å². The third kappa shape index (κ3) is 3.26. The van der Waals surface area contributed by atoms with Gasteiger partial charge in [-0.15, -0.1) is 0 Å². The summed E-state index contributed by atoms with van der Waals surface area (Å²) in [6, 6.07) is 2.55. The molecule has 1 unspecified atom stereocenters. The number of hydrogen-bond donors (Lipinski definition) is 2. The van der Waals surface area contributed by atoms with Crippen molar-refractivity contribution in [3.63, 3.8) is 0 Å². The smallest absolute Gasteiger partial charge is 0.174 e. The molecule has 0 radical (unpaired) electrons. The maximum atomic E-state index is 9.05. The normalized spacial score (nSPS) is 20.1. The van der Waals surface area contributed by atoms with Crippen molar-refractivity contribution in [1.82, 2.24) is 9.88 Å². The zero-order valence-corrected chi connectivity index (χ0v) is 13.3. The van der Waals surface area contributed by atoms with E-state index in [2.05, 4.69) is 34.0 Å². The minimum atomic E-state index is 0.127. The van der Waals surface area contributed by atoms with Crippen molar-refractivity contribution in [2.75, 3.05) is 32.1 Å². The molecular formula is C15H25N5O. The molecule has 1 aliphatic heterocycles. The van der Waals surface area contributed by atoms with Crippen molar-refractivity contribution in [2.45, 2.75) is 32.7 Å². The second-order valence-electron chi connectivity index (χ2n) is 5.93. The second kappa shape index (κ2) is 6.30. The number of likely N-dealkylation sites (N-methyl/N-ethyl adjacent to an activating group) is 1. The molecule has 1 saturated heterocycles. The molecule has 1 aliphatic rings. The molecule has 0 amide bonds. The number of pyridine rings is 1. The summed E-state index contributed by atoms with van der Waals surface area (Å²) >= 11 is 0. The summed E-state index contributed by atoms with van der Waals surface area (Å²) in [6.45, 7) is 5.80. The van der Waals surface area contributed by atoms with Crippen LogP contribution < -0.4 is 10.6 Å². The number of aromatic nitrogens is 1. The Bertz CT molecular complexity index is 541. The molecule has 6 heteroatoms. The van der Waals surface area contributed by atoms with Gasteiger partial charge in [0.2, 0.25) is 0 Å². The fraction of sp³-hybridized carbons (Fsp3) is 0.600. The zero-order valence-electron chi connectivity index (χ0n) is 13.3. The molecule has 116 valence electrons. The Morgan fingerprint density at radius 1 is 1.48 bits per heavy atom. The molecular weight excluding hydrogens is 266 g/mol. The Labute approximate surface area is 126 Å². The van der Waals surface area contributed by atoms with Gasteiger partial charge in [-0.2, -0.15) is 0 Å². The highest BCUT2D eigenvalue weighted by atomic mass is 16.4. The third-order valence-corrected chi connectivity index (χ3v) is 4.14. The molecule has 21 heavy (non-hydrogen) atoms. The molecule has 1 aromatic heterocycles. The van der Waals surface area contributed by atoms with E-state index < -0.39 is 0 Å². The van der Waals surface area contributed by atoms with Gasteiger partial charge < -0.3 is 20.7 Å². The highest BCUT2D eigenvalue weighted by molar-refractivity contribution is 6.03. The van der Waals surface area contributed by atoms with Crippen LogP contribution in [-0.4, -0.2) is 54.2 Å². The SMILES string of the molecule is Cc1cc(N2CCCC(N(C)C)C2)c(/C(N)=N/O)c(C)n1. The number of oxime groups is 1. The van der Waals surface area contributed by atoms with Crippen LogP contribution in [0.2, 0.25) is 0 Å². The van der Waals surface area contributed by atoms with Crippen molar-refractivity contribution in [3.8, 4) is 0 Å². The molecule has 0 aliphatic carbocycles. The van der Waals surface area contributed by atoms with Crippen LogP contribution >= 0.6 is 0 Å². The molecule has 2 rings (SSSR count). The number of anilines is 1. The van der Waals surface area contributed by atoms with E-state index >= 15 is 0 Å². The van der Waals surface area contributed by atoms with Gasteiger partial charge in [-0.05, 0) is 46.9 Å². The Hall–Kier alpha value is -1.82. The van der Waals surface area contributed by atoms with Gasteiger partial charge in [0.1, 0.15) is 0 Å². The van der Waals surface area contributed by atoms with Crippen LogP contribution in [0.4, 0.5) is 5.69 Å². The number of amidine groups is 1. The highest BCUT2D eigenvalue weighted by Gasteiger charge is 2.25. The Morgan fingerprint density at radius 2 is 2.19 bits per heavy atom. The van der Waals surface area contributed by atoms with Crippen LogP contribution in [-0.2, 0) is 0 Å². The van der Waals surface area contributed by atoms with Gasteiger partial charge in [-0.25, -0.2) is 0 Å². The van der Waals surface area contributed by atoms with Gasteiger partial charge in [0, 0.05) is 24.8 Å². The lowest BCUT2D eigenvalue weighted by molar-refractivity contribution is 0.258. The molecule has 0 bridgehead atoms. The molecule has 0 aromatic carbocycles. The fourth-order valence-corrected chi connectivity index (χ4v) is 3.02. The molecule has 2 heterocycles. The van der Waals surface area contributed by atoms with Gasteiger partial charge in [0.15, 0.2) is 5.84 Å². The van der Waals surface area contributed by atoms with Gasteiger partial charge in [0.05, 0.1) is 16.9 Å². The molecule has 1 fully saturated rings. The predicted molar refractivity (Wildman–Crippen MR) is 85.1 cm³/mol. The van der Waals surface area contributed by atoms with Gasteiger partial charge in [-0.3, -0.25) is 4.98 Å².